The lowest BCUT2D eigenvalue weighted by atomic mass is 10.1. The van der Waals surface area contributed by atoms with Gasteiger partial charge in [-0.25, -0.2) is 0 Å². The minimum absolute atomic E-state index is 0.0253. The average Bonchev–Trinajstić information content (AvgIpc) is 2.85. The van der Waals surface area contributed by atoms with Gasteiger partial charge < -0.3 is 10.0 Å². The van der Waals surface area contributed by atoms with Crippen molar-refractivity contribution in [1.29, 1.82) is 0 Å². The maximum absolute atomic E-state index is 11.6. The number of carbonyl (C=O) groups is 2. The molecular weight excluding hydrogens is 246 g/mol. The Morgan fingerprint density at radius 1 is 1.42 bits per heavy atom. The fourth-order valence-electron chi connectivity index (χ4n) is 2.50. The number of hydrogen-bond donors (Lipinski definition) is 1. The second kappa shape index (κ2) is 5.77. The lowest BCUT2D eigenvalue weighted by Crippen LogP contribution is -2.29. The Kier molecular flexibility index (Phi) is 4.09. The van der Waals surface area contributed by atoms with Gasteiger partial charge in [0, 0.05) is 32.3 Å². The number of rotatable bonds is 4. The summed E-state index contributed by atoms with van der Waals surface area (Å²) in [6, 6.07) is -0.0602. The minimum Gasteiger partial charge on any atom is -0.481 e. The van der Waals surface area contributed by atoms with Crippen molar-refractivity contribution in [1.82, 2.24) is 14.9 Å². The Morgan fingerprint density at radius 2 is 2.16 bits per heavy atom. The number of aliphatic carboxylic acids is 1. The van der Waals surface area contributed by atoms with Crippen LogP contribution >= 0.6 is 0 Å². The zero-order valence-electron chi connectivity index (χ0n) is 10.9. The zero-order valence-corrected chi connectivity index (χ0v) is 10.9. The maximum Gasteiger partial charge on any atom is 0.303 e. The summed E-state index contributed by atoms with van der Waals surface area (Å²) in [5.41, 5.74) is 1.43. The average molecular weight is 263 g/mol. The molecule has 0 unspecified atom stereocenters. The van der Waals surface area contributed by atoms with Crippen LogP contribution in [-0.4, -0.2) is 38.4 Å². The Labute approximate surface area is 111 Å². The number of carbonyl (C=O) groups excluding carboxylic acids is 1. The molecule has 0 radical (unpaired) electrons. The van der Waals surface area contributed by atoms with Gasteiger partial charge in [0.1, 0.15) is 0 Å². The molecule has 1 aromatic rings. The van der Waals surface area contributed by atoms with E-state index in [9.17, 15) is 9.59 Å². The minimum atomic E-state index is -0.855. The highest BCUT2D eigenvalue weighted by molar-refractivity contribution is 5.74. The summed E-state index contributed by atoms with van der Waals surface area (Å²) in [4.78, 5) is 32.6. The monoisotopic (exact) mass is 263 g/mol. The van der Waals surface area contributed by atoms with Crippen molar-refractivity contribution in [2.24, 2.45) is 0 Å². The van der Waals surface area contributed by atoms with Gasteiger partial charge in [-0.3, -0.25) is 19.6 Å². The maximum atomic E-state index is 11.6. The van der Waals surface area contributed by atoms with E-state index in [-0.39, 0.29) is 18.4 Å². The van der Waals surface area contributed by atoms with E-state index in [0.29, 0.717) is 12.1 Å². The van der Waals surface area contributed by atoms with Gasteiger partial charge in [-0.2, -0.15) is 0 Å². The second-order valence-corrected chi connectivity index (χ2v) is 4.65. The first-order valence-corrected chi connectivity index (χ1v) is 6.38. The van der Waals surface area contributed by atoms with Crippen LogP contribution in [-0.2, 0) is 16.0 Å². The van der Waals surface area contributed by atoms with Crippen LogP contribution in [0.2, 0.25) is 0 Å². The van der Waals surface area contributed by atoms with Gasteiger partial charge in [0.2, 0.25) is 5.91 Å². The molecule has 2 rings (SSSR count). The molecule has 2 heterocycles. The molecule has 0 bridgehead atoms. The molecule has 1 aromatic heterocycles. The summed E-state index contributed by atoms with van der Waals surface area (Å²) in [6.45, 7) is 2.28. The molecular formula is C13H17N3O3. The molecule has 1 aliphatic heterocycles. The molecule has 1 saturated heterocycles. The van der Waals surface area contributed by atoms with E-state index in [1.807, 2.05) is 0 Å². The topological polar surface area (TPSA) is 83.4 Å². The Hall–Kier alpha value is -1.98. The van der Waals surface area contributed by atoms with Crippen molar-refractivity contribution in [2.75, 3.05) is 6.54 Å². The van der Waals surface area contributed by atoms with Crippen LogP contribution in [0.4, 0.5) is 0 Å². The van der Waals surface area contributed by atoms with Gasteiger partial charge in [0.05, 0.1) is 23.9 Å². The zero-order chi connectivity index (χ0) is 13.8. The van der Waals surface area contributed by atoms with Crippen LogP contribution in [0.3, 0.4) is 0 Å². The van der Waals surface area contributed by atoms with Crippen LogP contribution in [0.1, 0.15) is 43.6 Å². The van der Waals surface area contributed by atoms with Crippen molar-refractivity contribution < 1.29 is 14.7 Å². The molecule has 19 heavy (non-hydrogen) atoms. The first-order chi connectivity index (χ1) is 9.09. The first-order valence-electron chi connectivity index (χ1n) is 6.38. The number of nitrogens with zero attached hydrogens (tertiary/aromatic N) is 3. The van der Waals surface area contributed by atoms with Gasteiger partial charge in [0.25, 0.3) is 0 Å². The largest absolute Gasteiger partial charge is 0.481 e. The quantitative estimate of drug-likeness (QED) is 0.881. The second-order valence-electron chi connectivity index (χ2n) is 4.65. The Bertz CT molecular complexity index is 490. The number of aromatic nitrogens is 2. The van der Waals surface area contributed by atoms with Gasteiger partial charge in [-0.1, -0.05) is 0 Å². The predicted octanol–water partition coefficient (Wildman–Crippen LogP) is 1.18. The molecule has 0 saturated carbocycles. The summed E-state index contributed by atoms with van der Waals surface area (Å²) in [5, 5.41) is 8.76. The summed E-state index contributed by atoms with van der Waals surface area (Å²) >= 11 is 0. The summed E-state index contributed by atoms with van der Waals surface area (Å²) in [7, 11) is 0. The normalized spacial score (nSPS) is 18.6. The van der Waals surface area contributed by atoms with Crippen LogP contribution < -0.4 is 0 Å². The van der Waals surface area contributed by atoms with Crippen molar-refractivity contribution >= 4 is 11.9 Å². The van der Waals surface area contributed by atoms with Gasteiger partial charge in [0.15, 0.2) is 0 Å². The van der Waals surface area contributed by atoms with Gasteiger partial charge in [-0.15, -0.1) is 0 Å². The highest BCUT2D eigenvalue weighted by Crippen LogP contribution is 2.32. The number of aryl methyl sites for hydroxylation is 1. The number of carboxylic acid groups (broad SMARTS) is 1. The molecule has 1 atom stereocenters. The third-order valence-electron chi connectivity index (χ3n) is 3.35. The molecule has 6 heteroatoms. The van der Waals surface area contributed by atoms with E-state index >= 15 is 0 Å². The molecule has 102 valence electrons. The molecule has 0 spiro atoms. The number of carboxylic acids is 1. The van der Waals surface area contributed by atoms with E-state index < -0.39 is 5.97 Å². The molecule has 1 amide bonds. The lowest BCUT2D eigenvalue weighted by Gasteiger charge is -2.24. The van der Waals surface area contributed by atoms with Crippen molar-refractivity contribution in [2.45, 2.75) is 38.6 Å². The van der Waals surface area contributed by atoms with Gasteiger partial charge >= 0.3 is 5.97 Å². The lowest BCUT2D eigenvalue weighted by molar-refractivity contribution is -0.137. The summed E-state index contributed by atoms with van der Waals surface area (Å²) in [5.74, 6) is -0.830. The highest BCUT2D eigenvalue weighted by atomic mass is 16.4. The van der Waals surface area contributed by atoms with Crippen molar-refractivity contribution in [3.05, 3.63) is 23.8 Å². The number of amides is 1. The van der Waals surface area contributed by atoms with E-state index in [1.54, 1.807) is 24.2 Å². The third-order valence-corrected chi connectivity index (χ3v) is 3.35. The number of hydrogen-bond acceptors (Lipinski definition) is 4. The Morgan fingerprint density at radius 3 is 2.84 bits per heavy atom. The van der Waals surface area contributed by atoms with Crippen LogP contribution in [0.25, 0.3) is 0 Å². The van der Waals surface area contributed by atoms with E-state index in [0.717, 1.165) is 25.1 Å². The summed E-state index contributed by atoms with van der Waals surface area (Å²) in [6.07, 6.45) is 5.33. The SMILES string of the molecule is CC(=O)N1CCC[C@H]1c1nccnc1CCC(=O)O. The molecule has 0 aliphatic carbocycles. The summed E-state index contributed by atoms with van der Waals surface area (Å²) < 4.78 is 0. The van der Waals surface area contributed by atoms with Crippen LogP contribution in [0.15, 0.2) is 12.4 Å². The number of likely N-dealkylation sites (tertiary alicyclic amines) is 1. The predicted molar refractivity (Wildman–Crippen MR) is 67.4 cm³/mol. The van der Waals surface area contributed by atoms with Crippen molar-refractivity contribution in [3.8, 4) is 0 Å². The first kappa shape index (κ1) is 13.5. The van der Waals surface area contributed by atoms with E-state index in [4.69, 9.17) is 5.11 Å². The van der Waals surface area contributed by atoms with Crippen molar-refractivity contribution in [3.63, 3.8) is 0 Å². The molecule has 0 aromatic carbocycles. The fourth-order valence-corrected chi connectivity index (χ4v) is 2.50. The van der Waals surface area contributed by atoms with E-state index in [2.05, 4.69) is 9.97 Å². The molecule has 6 nitrogen and oxygen atoms in total. The molecule has 1 aliphatic rings. The standard InChI is InChI=1S/C13H17N3O3/c1-9(17)16-8-2-3-11(16)13-10(4-5-12(18)19)14-6-7-15-13/h6-7,11H,2-5,8H2,1H3,(H,18,19)/t11-/m0/s1. The highest BCUT2D eigenvalue weighted by Gasteiger charge is 2.30. The molecule has 1 fully saturated rings. The van der Waals surface area contributed by atoms with Crippen LogP contribution in [0, 0.1) is 0 Å². The fraction of sp³-hybridized carbons (Fsp3) is 0.538. The van der Waals surface area contributed by atoms with E-state index in [1.165, 1.54) is 0 Å². The van der Waals surface area contributed by atoms with Crippen LogP contribution in [0.5, 0.6) is 0 Å². The smallest absolute Gasteiger partial charge is 0.303 e. The van der Waals surface area contributed by atoms with Gasteiger partial charge in [-0.05, 0) is 12.8 Å². The molecule has 1 N–H and O–H groups in total. The Balaban J connectivity index is 2.23. The third kappa shape index (κ3) is 3.07.